The number of rotatable bonds is 0. The van der Waals surface area contributed by atoms with E-state index in [-0.39, 0.29) is 25.6 Å². The summed E-state index contributed by atoms with van der Waals surface area (Å²) in [5.41, 5.74) is -3.93. The Hall–Kier alpha value is -1.86. The predicted octanol–water partition coefficient (Wildman–Crippen LogP) is 0.0245. The molecule has 214 valence electrons. The van der Waals surface area contributed by atoms with Crippen molar-refractivity contribution in [2.24, 2.45) is 16.7 Å². The average Bonchev–Trinajstić information content (AvgIpc) is 3.24. The predicted molar refractivity (Wildman–Crippen MR) is 130 cm³/mol. The van der Waals surface area contributed by atoms with Crippen LogP contribution < -0.4 is 0 Å². The van der Waals surface area contributed by atoms with Gasteiger partial charge in [0.05, 0.1) is 24.9 Å². The number of ether oxygens (including phenoxy) is 5. The lowest BCUT2D eigenvalue weighted by Crippen LogP contribution is -2.78. The third-order valence-electron chi connectivity index (χ3n) is 11.3. The summed E-state index contributed by atoms with van der Waals surface area (Å²) in [6.07, 6.45) is 0.713. The van der Waals surface area contributed by atoms with Gasteiger partial charge in [-0.2, -0.15) is 0 Å². The summed E-state index contributed by atoms with van der Waals surface area (Å²) in [6.45, 7) is 2.04. The molecule has 8 rings (SSSR count). The number of hydrogen-bond acceptors (Lipinski definition) is 11. The second-order valence-electron chi connectivity index (χ2n) is 12.6. The van der Waals surface area contributed by atoms with E-state index in [1.165, 1.54) is 12.2 Å². The van der Waals surface area contributed by atoms with Crippen LogP contribution in [0.2, 0.25) is 0 Å². The molecule has 8 aliphatic rings. The van der Waals surface area contributed by atoms with Gasteiger partial charge in [0.15, 0.2) is 6.29 Å². The van der Waals surface area contributed by atoms with E-state index in [1.54, 1.807) is 6.08 Å². The number of aliphatic hydroxyl groups is 4. The van der Waals surface area contributed by atoms with Crippen molar-refractivity contribution in [1.82, 2.24) is 0 Å². The summed E-state index contributed by atoms with van der Waals surface area (Å²) in [4.78, 5) is 26.3. The van der Waals surface area contributed by atoms with Crippen LogP contribution in [0.25, 0.3) is 0 Å². The van der Waals surface area contributed by atoms with Crippen molar-refractivity contribution in [2.75, 3.05) is 13.2 Å². The largest absolute Gasteiger partial charge is 0.462 e. The Morgan fingerprint density at radius 2 is 1.87 bits per heavy atom. The Morgan fingerprint density at radius 3 is 2.69 bits per heavy atom. The van der Waals surface area contributed by atoms with E-state index in [4.69, 9.17) is 23.7 Å². The summed E-state index contributed by atoms with van der Waals surface area (Å²) in [5, 5.41) is 44.1. The molecule has 5 aliphatic heterocycles. The third-order valence-corrected chi connectivity index (χ3v) is 11.3. The van der Waals surface area contributed by atoms with E-state index in [0.29, 0.717) is 44.1 Å². The topological polar surface area (TPSA) is 161 Å². The fraction of sp³-hybridized carbons (Fsp3) is 0.786. The van der Waals surface area contributed by atoms with Gasteiger partial charge in [-0.15, -0.1) is 0 Å². The Labute approximate surface area is 225 Å². The highest BCUT2D eigenvalue weighted by molar-refractivity contribution is 5.83. The maximum atomic E-state index is 13.3. The minimum absolute atomic E-state index is 0.0860. The summed E-state index contributed by atoms with van der Waals surface area (Å²) in [7, 11) is 0. The molecule has 5 heterocycles. The van der Waals surface area contributed by atoms with Crippen molar-refractivity contribution in [3.63, 3.8) is 0 Å². The smallest absolute Gasteiger partial charge is 0.330 e. The first-order valence-corrected chi connectivity index (χ1v) is 14.0. The molecule has 7 fully saturated rings. The molecule has 3 saturated carbocycles. The van der Waals surface area contributed by atoms with Gasteiger partial charge in [0.1, 0.15) is 36.1 Å². The lowest BCUT2D eigenvalue weighted by molar-refractivity contribution is -0.367. The molecule has 12 atom stereocenters. The standard InChI is InChI=1S/C28H36O11/c1-25-17-11-18-28(25,34)12-15-16(29)5-8-26(25,23(15)38-18)13-35-20(31)10-14-6-9-36-27(7-3-2-4-19(30)37-17)21(32)24(33)39-22(14)27/h2,4,10,15-18,21-24,29,32-34H,3,5-9,11-13H2,1H3/b4-2-,14-10-/t15-,16+,17-,18-,21+,22-,23-,24+,25?,26+,27-,28+/m1/s1. The van der Waals surface area contributed by atoms with Crippen molar-refractivity contribution in [1.29, 1.82) is 0 Å². The fourth-order valence-corrected chi connectivity index (χ4v) is 9.25. The van der Waals surface area contributed by atoms with Gasteiger partial charge in [-0.05, 0) is 44.1 Å². The summed E-state index contributed by atoms with van der Waals surface area (Å²) < 4.78 is 30.0. The molecule has 3 aliphatic carbocycles. The van der Waals surface area contributed by atoms with Gasteiger partial charge >= 0.3 is 11.9 Å². The van der Waals surface area contributed by atoms with E-state index >= 15 is 0 Å². The lowest BCUT2D eigenvalue weighted by Gasteiger charge is -2.70. The van der Waals surface area contributed by atoms with E-state index in [9.17, 15) is 30.0 Å². The molecule has 0 aromatic carbocycles. The number of hydrogen-bond donors (Lipinski definition) is 4. The zero-order valence-corrected chi connectivity index (χ0v) is 21.9. The first-order chi connectivity index (χ1) is 18.6. The van der Waals surface area contributed by atoms with Crippen LogP contribution in [0.4, 0.5) is 0 Å². The minimum atomic E-state index is -1.49. The summed E-state index contributed by atoms with van der Waals surface area (Å²) in [5.74, 6) is -1.51. The lowest BCUT2D eigenvalue weighted by atomic mass is 9.41. The van der Waals surface area contributed by atoms with Crippen molar-refractivity contribution >= 4 is 11.9 Å². The highest BCUT2D eigenvalue weighted by atomic mass is 16.7. The van der Waals surface area contributed by atoms with Gasteiger partial charge in [-0.25, -0.2) is 9.59 Å². The molecule has 0 aromatic rings. The summed E-state index contributed by atoms with van der Waals surface area (Å²) >= 11 is 0. The van der Waals surface area contributed by atoms with Crippen LogP contribution in [0.3, 0.4) is 0 Å². The molecule has 0 aromatic heterocycles. The number of esters is 2. The van der Waals surface area contributed by atoms with Crippen LogP contribution in [0, 0.1) is 16.7 Å². The van der Waals surface area contributed by atoms with Gasteiger partial charge in [-0.1, -0.05) is 13.0 Å². The Kier molecular flexibility index (Phi) is 5.73. The molecule has 11 nitrogen and oxygen atoms in total. The quantitative estimate of drug-likeness (QED) is 0.302. The SMILES string of the molecule is CC12[C@H]3C[C@H]4O[C@@H]5[C@H](C[C@]41O)[C@@H](O)CC[C@]52COC(=O)/C=C1/CCO[C@@]2(CC/C=C\C(=O)O3)[C@@H]1O[C@H](O)[C@@H]2O. The highest BCUT2D eigenvalue weighted by Gasteiger charge is 2.82. The Morgan fingerprint density at radius 1 is 1.05 bits per heavy atom. The van der Waals surface area contributed by atoms with Crippen LogP contribution in [-0.2, 0) is 33.3 Å². The first-order valence-electron chi connectivity index (χ1n) is 14.0. The second kappa shape index (κ2) is 8.58. The zero-order valence-electron chi connectivity index (χ0n) is 21.9. The van der Waals surface area contributed by atoms with Crippen molar-refractivity contribution in [3.05, 3.63) is 23.8 Å². The van der Waals surface area contributed by atoms with E-state index in [1.807, 2.05) is 6.92 Å². The van der Waals surface area contributed by atoms with Gasteiger partial charge < -0.3 is 44.1 Å². The Balaban J connectivity index is 1.29. The average molecular weight is 549 g/mol. The van der Waals surface area contributed by atoms with E-state index in [2.05, 4.69) is 0 Å². The highest BCUT2D eigenvalue weighted by Crippen LogP contribution is 2.73. The van der Waals surface area contributed by atoms with Gasteiger partial charge in [0, 0.05) is 35.3 Å². The van der Waals surface area contributed by atoms with Crippen molar-refractivity contribution in [2.45, 2.75) is 106 Å². The molecule has 4 N–H and O–H groups in total. The van der Waals surface area contributed by atoms with Crippen LogP contribution in [-0.4, -0.2) is 99.7 Å². The molecule has 11 heteroatoms. The van der Waals surface area contributed by atoms with Crippen molar-refractivity contribution in [3.8, 4) is 0 Å². The van der Waals surface area contributed by atoms with Crippen LogP contribution in [0.1, 0.15) is 51.9 Å². The van der Waals surface area contributed by atoms with Gasteiger partial charge in [0.2, 0.25) is 0 Å². The molecular weight excluding hydrogens is 512 g/mol. The number of allylic oxidation sites excluding steroid dienone is 1. The maximum Gasteiger partial charge on any atom is 0.330 e. The molecule has 8 bridgehead atoms. The first kappa shape index (κ1) is 26.1. The molecular formula is C28H36O11. The van der Waals surface area contributed by atoms with Crippen LogP contribution in [0.5, 0.6) is 0 Å². The number of aliphatic hydroxyl groups excluding tert-OH is 3. The fourth-order valence-electron chi connectivity index (χ4n) is 9.25. The van der Waals surface area contributed by atoms with Gasteiger partial charge in [-0.3, -0.25) is 0 Å². The molecule has 39 heavy (non-hydrogen) atoms. The Bertz CT molecular complexity index is 1140. The molecule has 1 spiro atoms. The zero-order chi connectivity index (χ0) is 27.4. The number of carbonyl (C=O) groups excluding carboxylic acids is 2. The second-order valence-corrected chi connectivity index (χ2v) is 12.6. The molecule has 0 amide bonds. The molecule has 0 radical (unpaired) electrons. The number of cyclic esters (lactones) is 1. The van der Waals surface area contributed by atoms with E-state index < -0.39 is 76.9 Å². The van der Waals surface area contributed by atoms with E-state index in [0.717, 1.165) is 0 Å². The number of carbonyl (C=O) groups is 2. The molecule has 1 unspecified atom stereocenters. The third kappa shape index (κ3) is 3.23. The summed E-state index contributed by atoms with van der Waals surface area (Å²) in [6, 6.07) is 0. The monoisotopic (exact) mass is 548 g/mol. The van der Waals surface area contributed by atoms with Crippen LogP contribution >= 0.6 is 0 Å². The minimum Gasteiger partial charge on any atom is -0.462 e. The maximum absolute atomic E-state index is 13.3. The van der Waals surface area contributed by atoms with Crippen LogP contribution in [0.15, 0.2) is 23.8 Å². The molecule has 4 saturated heterocycles. The van der Waals surface area contributed by atoms with Crippen molar-refractivity contribution < 1.29 is 53.7 Å². The normalized spacial score (nSPS) is 56.7. The van der Waals surface area contributed by atoms with Gasteiger partial charge in [0.25, 0.3) is 0 Å².